The average molecular weight is 344 g/mol. The van der Waals surface area contributed by atoms with Crippen molar-refractivity contribution < 1.29 is 4.79 Å². The van der Waals surface area contributed by atoms with Gasteiger partial charge in [-0.3, -0.25) is 14.8 Å². The molecule has 0 N–H and O–H groups in total. The molecule has 1 aromatic carbocycles. The van der Waals surface area contributed by atoms with Crippen LogP contribution >= 0.6 is 0 Å². The van der Waals surface area contributed by atoms with Gasteiger partial charge in [-0.1, -0.05) is 30.3 Å². The first kappa shape index (κ1) is 16.4. The molecule has 1 aliphatic rings. The van der Waals surface area contributed by atoms with E-state index in [4.69, 9.17) is 4.98 Å². The second-order valence-electron chi connectivity index (χ2n) is 6.54. The Labute approximate surface area is 152 Å². The third kappa shape index (κ3) is 3.20. The number of pyridine rings is 1. The first-order valence-corrected chi connectivity index (χ1v) is 8.83. The van der Waals surface area contributed by atoms with Crippen molar-refractivity contribution in [3.05, 3.63) is 78.1 Å². The van der Waals surface area contributed by atoms with Crippen LogP contribution in [0, 0.1) is 6.92 Å². The molecule has 4 rings (SSSR count). The van der Waals surface area contributed by atoms with Gasteiger partial charge < -0.3 is 4.90 Å². The van der Waals surface area contributed by atoms with Crippen LogP contribution in [0.5, 0.6) is 0 Å². The lowest BCUT2D eigenvalue weighted by molar-refractivity contribution is 0.0726. The van der Waals surface area contributed by atoms with Crippen LogP contribution in [0.25, 0.3) is 11.1 Å². The number of likely N-dealkylation sites (tertiary alicyclic amines) is 1. The van der Waals surface area contributed by atoms with Crippen LogP contribution in [0.15, 0.2) is 61.1 Å². The summed E-state index contributed by atoms with van der Waals surface area (Å²) in [6, 6.07) is 14.4. The van der Waals surface area contributed by atoms with E-state index in [0.717, 1.165) is 41.9 Å². The number of hydrogen-bond donors (Lipinski definition) is 0. The monoisotopic (exact) mass is 344 g/mol. The number of amides is 1. The quantitative estimate of drug-likeness (QED) is 0.725. The molecule has 0 unspecified atom stereocenters. The summed E-state index contributed by atoms with van der Waals surface area (Å²) in [5, 5.41) is 0. The van der Waals surface area contributed by atoms with Gasteiger partial charge in [0.1, 0.15) is 5.69 Å². The average Bonchev–Trinajstić information content (AvgIpc) is 3.18. The Morgan fingerprint density at radius 1 is 1.12 bits per heavy atom. The molecule has 5 nitrogen and oxygen atoms in total. The molecule has 1 saturated heterocycles. The van der Waals surface area contributed by atoms with E-state index in [9.17, 15) is 4.79 Å². The predicted octanol–water partition coefficient (Wildman–Crippen LogP) is 3.82. The van der Waals surface area contributed by atoms with Gasteiger partial charge in [0.25, 0.3) is 5.91 Å². The van der Waals surface area contributed by atoms with Crippen LogP contribution in [0.2, 0.25) is 0 Å². The van der Waals surface area contributed by atoms with Crippen LogP contribution in [0.1, 0.15) is 40.8 Å². The molecule has 2 aromatic heterocycles. The van der Waals surface area contributed by atoms with Crippen molar-refractivity contribution in [3.63, 3.8) is 0 Å². The Balaban J connectivity index is 1.68. The van der Waals surface area contributed by atoms with Crippen LogP contribution in [0.3, 0.4) is 0 Å². The molecule has 0 spiro atoms. The predicted molar refractivity (Wildman–Crippen MR) is 99.5 cm³/mol. The number of hydrogen-bond acceptors (Lipinski definition) is 4. The van der Waals surface area contributed by atoms with Crippen molar-refractivity contribution in [2.75, 3.05) is 6.54 Å². The standard InChI is InChI=1S/C21H20N4O/c1-15-12-17(16-6-3-2-4-7-16)13-18(24-15)20-8-5-11-25(20)21(26)19-14-22-9-10-23-19/h2-4,6-7,9-10,12-14,20H,5,8,11H2,1H3/t20-/m1/s1. The molecule has 0 radical (unpaired) electrons. The molecule has 1 aliphatic heterocycles. The summed E-state index contributed by atoms with van der Waals surface area (Å²) in [6.07, 6.45) is 6.53. The zero-order valence-corrected chi connectivity index (χ0v) is 14.7. The highest BCUT2D eigenvalue weighted by atomic mass is 16.2. The van der Waals surface area contributed by atoms with Crippen LogP contribution in [-0.4, -0.2) is 32.3 Å². The highest BCUT2D eigenvalue weighted by Gasteiger charge is 2.32. The van der Waals surface area contributed by atoms with Crippen LogP contribution < -0.4 is 0 Å². The lowest BCUT2D eigenvalue weighted by Crippen LogP contribution is -2.31. The maximum atomic E-state index is 12.9. The van der Waals surface area contributed by atoms with Gasteiger partial charge in [-0.05, 0) is 43.0 Å². The van der Waals surface area contributed by atoms with Gasteiger partial charge in [0.05, 0.1) is 17.9 Å². The molecule has 0 aliphatic carbocycles. The lowest BCUT2D eigenvalue weighted by Gasteiger charge is -2.24. The zero-order valence-electron chi connectivity index (χ0n) is 14.7. The van der Waals surface area contributed by atoms with Gasteiger partial charge >= 0.3 is 0 Å². The van der Waals surface area contributed by atoms with E-state index in [2.05, 4.69) is 34.2 Å². The topological polar surface area (TPSA) is 59.0 Å². The Morgan fingerprint density at radius 2 is 1.96 bits per heavy atom. The number of carbonyl (C=O) groups excluding carboxylic acids is 1. The van der Waals surface area contributed by atoms with Gasteiger partial charge in [0.15, 0.2) is 0 Å². The summed E-state index contributed by atoms with van der Waals surface area (Å²) in [4.78, 5) is 27.7. The molecular formula is C21H20N4O. The van der Waals surface area contributed by atoms with E-state index < -0.39 is 0 Å². The second kappa shape index (κ2) is 7.04. The third-order valence-electron chi connectivity index (χ3n) is 4.72. The summed E-state index contributed by atoms with van der Waals surface area (Å²) in [6.45, 7) is 2.72. The second-order valence-corrected chi connectivity index (χ2v) is 6.54. The van der Waals surface area contributed by atoms with Crippen molar-refractivity contribution in [2.45, 2.75) is 25.8 Å². The molecule has 3 heterocycles. The highest BCUT2D eigenvalue weighted by molar-refractivity contribution is 5.92. The van der Waals surface area contributed by atoms with Gasteiger partial charge in [0.2, 0.25) is 0 Å². The summed E-state index contributed by atoms with van der Waals surface area (Å²) >= 11 is 0. The van der Waals surface area contributed by atoms with Gasteiger partial charge in [0, 0.05) is 24.6 Å². The summed E-state index contributed by atoms with van der Waals surface area (Å²) < 4.78 is 0. The summed E-state index contributed by atoms with van der Waals surface area (Å²) in [5.41, 5.74) is 4.57. The summed E-state index contributed by atoms with van der Waals surface area (Å²) in [7, 11) is 0. The zero-order chi connectivity index (χ0) is 17.9. The molecule has 3 aromatic rings. The molecule has 0 bridgehead atoms. The normalized spacial score (nSPS) is 16.7. The number of nitrogens with zero attached hydrogens (tertiary/aromatic N) is 4. The number of aryl methyl sites for hydroxylation is 1. The lowest BCUT2D eigenvalue weighted by atomic mass is 10.0. The molecule has 1 atom stereocenters. The molecule has 0 saturated carbocycles. The molecule has 130 valence electrons. The number of aromatic nitrogens is 3. The molecule has 1 amide bonds. The summed E-state index contributed by atoms with van der Waals surface area (Å²) in [5.74, 6) is -0.0785. The van der Waals surface area contributed by atoms with Crippen molar-refractivity contribution in [1.29, 1.82) is 0 Å². The molecule has 1 fully saturated rings. The van der Waals surface area contributed by atoms with E-state index >= 15 is 0 Å². The minimum Gasteiger partial charge on any atom is -0.329 e. The van der Waals surface area contributed by atoms with E-state index in [1.54, 1.807) is 12.4 Å². The van der Waals surface area contributed by atoms with Crippen molar-refractivity contribution >= 4 is 5.91 Å². The largest absolute Gasteiger partial charge is 0.329 e. The highest BCUT2D eigenvalue weighted by Crippen LogP contribution is 2.34. The maximum Gasteiger partial charge on any atom is 0.274 e. The van der Waals surface area contributed by atoms with Gasteiger partial charge in [-0.25, -0.2) is 4.98 Å². The van der Waals surface area contributed by atoms with E-state index in [1.807, 2.05) is 30.0 Å². The minimum absolute atomic E-state index is 0.0214. The van der Waals surface area contributed by atoms with Crippen molar-refractivity contribution in [1.82, 2.24) is 19.9 Å². The SMILES string of the molecule is Cc1cc(-c2ccccc2)cc([C@H]2CCCN2C(=O)c2cnccn2)n1. The fourth-order valence-electron chi connectivity index (χ4n) is 3.54. The molecular weight excluding hydrogens is 324 g/mol. The fourth-order valence-corrected chi connectivity index (χ4v) is 3.54. The molecule has 5 heteroatoms. The Hall–Kier alpha value is -3.08. The molecule has 26 heavy (non-hydrogen) atoms. The van der Waals surface area contributed by atoms with E-state index in [-0.39, 0.29) is 11.9 Å². The van der Waals surface area contributed by atoms with Crippen molar-refractivity contribution in [2.24, 2.45) is 0 Å². The van der Waals surface area contributed by atoms with E-state index in [1.165, 1.54) is 6.20 Å². The Morgan fingerprint density at radius 3 is 2.73 bits per heavy atom. The minimum atomic E-state index is -0.0785. The fraction of sp³-hybridized carbons (Fsp3) is 0.238. The Kier molecular flexibility index (Phi) is 4.44. The van der Waals surface area contributed by atoms with E-state index in [0.29, 0.717) is 5.69 Å². The smallest absolute Gasteiger partial charge is 0.274 e. The number of benzene rings is 1. The maximum absolute atomic E-state index is 12.9. The van der Waals surface area contributed by atoms with Gasteiger partial charge in [-0.15, -0.1) is 0 Å². The van der Waals surface area contributed by atoms with Gasteiger partial charge in [-0.2, -0.15) is 0 Å². The number of carbonyl (C=O) groups is 1. The third-order valence-corrected chi connectivity index (χ3v) is 4.72. The first-order chi connectivity index (χ1) is 12.7. The van der Waals surface area contributed by atoms with Crippen LogP contribution in [0.4, 0.5) is 0 Å². The number of rotatable bonds is 3. The van der Waals surface area contributed by atoms with Crippen molar-refractivity contribution in [3.8, 4) is 11.1 Å². The van der Waals surface area contributed by atoms with Crippen LogP contribution in [-0.2, 0) is 0 Å². The first-order valence-electron chi connectivity index (χ1n) is 8.83. The Bertz CT molecular complexity index is 912.